The van der Waals surface area contributed by atoms with E-state index in [4.69, 9.17) is 4.98 Å². The Bertz CT molecular complexity index is 1400. The Morgan fingerprint density at radius 1 is 1.12 bits per heavy atom. The molecule has 2 aromatic heterocycles. The molecule has 0 bridgehead atoms. The van der Waals surface area contributed by atoms with Crippen molar-refractivity contribution in [3.8, 4) is 16.8 Å². The van der Waals surface area contributed by atoms with Gasteiger partial charge in [-0.25, -0.2) is 9.78 Å². The van der Waals surface area contributed by atoms with Crippen LogP contribution in [0, 0.1) is 0 Å². The zero-order valence-corrected chi connectivity index (χ0v) is 20.1. The molecular weight excluding hydrogens is 430 g/mol. The number of benzene rings is 2. The Morgan fingerprint density at radius 3 is 2.38 bits per heavy atom. The van der Waals surface area contributed by atoms with Crippen molar-refractivity contribution >= 4 is 17.0 Å². The van der Waals surface area contributed by atoms with Crippen LogP contribution in [0.3, 0.4) is 0 Å². The highest BCUT2D eigenvalue weighted by molar-refractivity contribution is 5.94. The first-order chi connectivity index (χ1) is 16.1. The van der Waals surface area contributed by atoms with Crippen LogP contribution in [0.2, 0.25) is 0 Å². The summed E-state index contributed by atoms with van der Waals surface area (Å²) >= 11 is 0. The fraction of sp³-hybridized carbons (Fsp3) is 0.308. The number of aryl methyl sites for hydroxylation is 1. The highest BCUT2D eigenvalue weighted by Gasteiger charge is 2.36. The SMILES string of the molecule is CCC(c1nc2cccc(-c3cnn(C)c3)c2c(=O)n1-c1ccccc1)N(C(=O)O)C(C)(C)C. The molecule has 0 fully saturated rings. The van der Waals surface area contributed by atoms with Crippen LogP contribution in [0.5, 0.6) is 0 Å². The Hall–Kier alpha value is -3.94. The predicted octanol–water partition coefficient (Wildman–Crippen LogP) is 5.02. The standard InChI is InChI=1S/C26H29N5O3/c1-6-21(31(25(33)34)26(2,3)4)23-28-20-14-10-13-19(17-15-27-29(5)16-17)22(20)24(32)30(23)18-11-8-7-9-12-18/h7-16,21H,6H2,1-5H3,(H,33,34). The van der Waals surface area contributed by atoms with Crippen LogP contribution in [0.1, 0.15) is 46.0 Å². The number of hydrogen-bond acceptors (Lipinski definition) is 4. The quantitative estimate of drug-likeness (QED) is 0.453. The van der Waals surface area contributed by atoms with Crippen LogP contribution in [-0.2, 0) is 7.05 Å². The van der Waals surface area contributed by atoms with E-state index in [1.54, 1.807) is 21.5 Å². The molecule has 1 atom stereocenters. The predicted molar refractivity (Wildman–Crippen MR) is 132 cm³/mol. The first-order valence-corrected chi connectivity index (χ1v) is 11.3. The second kappa shape index (κ2) is 8.78. The monoisotopic (exact) mass is 459 g/mol. The van der Waals surface area contributed by atoms with Gasteiger partial charge in [-0.15, -0.1) is 0 Å². The second-order valence-corrected chi connectivity index (χ2v) is 9.30. The highest BCUT2D eigenvalue weighted by Crippen LogP contribution is 2.33. The van der Waals surface area contributed by atoms with Crippen LogP contribution < -0.4 is 5.56 Å². The molecule has 1 unspecified atom stereocenters. The van der Waals surface area contributed by atoms with E-state index in [-0.39, 0.29) is 5.56 Å². The zero-order chi connectivity index (χ0) is 24.6. The van der Waals surface area contributed by atoms with E-state index in [2.05, 4.69) is 5.10 Å². The van der Waals surface area contributed by atoms with Crippen LogP contribution in [-0.4, -0.2) is 41.0 Å². The van der Waals surface area contributed by atoms with Gasteiger partial charge >= 0.3 is 6.09 Å². The summed E-state index contributed by atoms with van der Waals surface area (Å²) in [4.78, 5) is 32.8. The molecule has 8 nitrogen and oxygen atoms in total. The number of hydrogen-bond donors (Lipinski definition) is 1. The van der Waals surface area contributed by atoms with E-state index in [9.17, 15) is 14.7 Å². The Kier molecular flexibility index (Phi) is 6.00. The number of rotatable bonds is 5. The number of fused-ring (bicyclic) bond motifs is 1. The van der Waals surface area contributed by atoms with Crippen molar-refractivity contribution in [1.82, 2.24) is 24.2 Å². The number of carboxylic acid groups (broad SMARTS) is 1. The Morgan fingerprint density at radius 2 is 1.82 bits per heavy atom. The van der Waals surface area contributed by atoms with E-state index in [0.29, 0.717) is 28.8 Å². The molecule has 2 aromatic carbocycles. The molecule has 0 aliphatic heterocycles. The first-order valence-electron chi connectivity index (χ1n) is 11.3. The molecular formula is C26H29N5O3. The molecule has 0 aliphatic carbocycles. The lowest BCUT2D eigenvalue weighted by molar-refractivity contribution is 0.0646. The van der Waals surface area contributed by atoms with Gasteiger partial charge in [-0.1, -0.05) is 37.3 Å². The van der Waals surface area contributed by atoms with Crippen molar-refractivity contribution < 1.29 is 9.90 Å². The average molecular weight is 460 g/mol. The molecule has 0 saturated carbocycles. The summed E-state index contributed by atoms with van der Waals surface area (Å²) in [6.45, 7) is 7.44. The van der Waals surface area contributed by atoms with E-state index >= 15 is 0 Å². The number of para-hydroxylation sites is 1. The van der Waals surface area contributed by atoms with Crippen LogP contribution in [0.25, 0.3) is 27.7 Å². The molecule has 2 heterocycles. The summed E-state index contributed by atoms with van der Waals surface area (Å²) in [6.07, 6.45) is 2.97. The van der Waals surface area contributed by atoms with Crippen LogP contribution in [0.4, 0.5) is 4.79 Å². The highest BCUT2D eigenvalue weighted by atomic mass is 16.4. The molecule has 8 heteroatoms. The van der Waals surface area contributed by atoms with E-state index in [1.165, 1.54) is 4.90 Å². The lowest BCUT2D eigenvalue weighted by Crippen LogP contribution is -2.48. The molecule has 0 aliphatic rings. The van der Waals surface area contributed by atoms with Crippen molar-refractivity contribution in [3.05, 3.63) is 77.1 Å². The van der Waals surface area contributed by atoms with Gasteiger partial charge in [0.1, 0.15) is 5.82 Å². The number of nitrogens with zero attached hydrogens (tertiary/aromatic N) is 5. The summed E-state index contributed by atoms with van der Waals surface area (Å²) in [5.74, 6) is 0.395. The molecule has 0 saturated heterocycles. The van der Waals surface area contributed by atoms with Crippen molar-refractivity contribution in [2.75, 3.05) is 0 Å². The first kappa shape index (κ1) is 23.2. The second-order valence-electron chi connectivity index (χ2n) is 9.30. The van der Waals surface area contributed by atoms with E-state index in [1.807, 2.05) is 83.4 Å². The summed E-state index contributed by atoms with van der Waals surface area (Å²) in [6, 6.07) is 14.1. The Balaban J connectivity index is 2.10. The minimum atomic E-state index is -1.06. The Labute approximate surface area is 198 Å². The number of amides is 1. The van der Waals surface area contributed by atoms with Gasteiger partial charge in [0.2, 0.25) is 0 Å². The van der Waals surface area contributed by atoms with Gasteiger partial charge < -0.3 is 5.11 Å². The molecule has 34 heavy (non-hydrogen) atoms. The fourth-order valence-electron chi connectivity index (χ4n) is 4.47. The minimum Gasteiger partial charge on any atom is -0.465 e. The number of carbonyl (C=O) groups is 1. The maximum Gasteiger partial charge on any atom is 0.408 e. The normalized spacial score (nSPS) is 12.6. The zero-order valence-electron chi connectivity index (χ0n) is 20.1. The van der Waals surface area contributed by atoms with Gasteiger partial charge in [-0.05, 0) is 51.0 Å². The van der Waals surface area contributed by atoms with Crippen LogP contribution in [0.15, 0.2) is 65.7 Å². The van der Waals surface area contributed by atoms with Crippen molar-refractivity contribution in [2.45, 2.75) is 45.7 Å². The third kappa shape index (κ3) is 4.07. The lowest BCUT2D eigenvalue weighted by atomic mass is 10.00. The van der Waals surface area contributed by atoms with E-state index in [0.717, 1.165) is 11.1 Å². The van der Waals surface area contributed by atoms with E-state index < -0.39 is 17.7 Å². The van der Waals surface area contributed by atoms with Crippen molar-refractivity contribution in [1.29, 1.82) is 0 Å². The molecule has 1 amide bonds. The summed E-state index contributed by atoms with van der Waals surface area (Å²) in [5, 5.41) is 14.8. The summed E-state index contributed by atoms with van der Waals surface area (Å²) in [5.41, 5.74) is 1.76. The van der Waals surface area contributed by atoms with Gasteiger partial charge in [0.25, 0.3) is 5.56 Å². The van der Waals surface area contributed by atoms with Gasteiger partial charge in [0.05, 0.1) is 28.8 Å². The summed E-state index contributed by atoms with van der Waals surface area (Å²) < 4.78 is 3.24. The molecule has 0 radical (unpaired) electrons. The number of aromatic nitrogens is 4. The minimum absolute atomic E-state index is 0.247. The largest absolute Gasteiger partial charge is 0.465 e. The summed E-state index contributed by atoms with van der Waals surface area (Å²) in [7, 11) is 1.83. The van der Waals surface area contributed by atoms with Gasteiger partial charge in [-0.3, -0.25) is 18.9 Å². The van der Waals surface area contributed by atoms with Gasteiger partial charge in [-0.2, -0.15) is 5.10 Å². The van der Waals surface area contributed by atoms with Crippen LogP contribution >= 0.6 is 0 Å². The third-order valence-electron chi connectivity index (χ3n) is 5.88. The topological polar surface area (TPSA) is 93.3 Å². The van der Waals surface area contributed by atoms with Crippen molar-refractivity contribution in [3.63, 3.8) is 0 Å². The molecule has 4 rings (SSSR count). The third-order valence-corrected chi connectivity index (χ3v) is 5.88. The smallest absolute Gasteiger partial charge is 0.408 e. The maximum atomic E-state index is 14.1. The molecule has 0 spiro atoms. The molecule has 4 aromatic rings. The van der Waals surface area contributed by atoms with Crippen molar-refractivity contribution in [2.24, 2.45) is 7.05 Å². The molecule has 176 valence electrons. The van der Waals surface area contributed by atoms with Gasteiger partial charge in [0, 0.05) is 24.3 Å². The lowest BCUT2D eigenvalue weighted by Gasteiger charge is -2.39. The fourth-order valence-corrected chi connectivity index (χ4v) is 4.47. The maximum absolute atomic E-state index is 14.1. The molecule has 1 N–H and O–H groups in total. The average Bonchev–Trinajstić information content (AvgIpc) is 3.22. The van der Waals surface area contributed by atoms with Gasteiger partial charge in [0.15, 0.2) is 0 Å².